The summed E-state index contributed by atoms with van der Waals surface area (Å²) in [7, 11) is 0. The SMILES string of the molecule is CC(C)(C)c1cc(Oc2[c-]c3c(cc2)c2ccc(C(C)(C)C)cc2n3-c2cc(C(C)(C)c3ccccc3)ccn2)[c-]c(N2[CH-]N(c3cc(-c4ccccc4)cc(C(C)(C)C)c3)c3cc(C(C)(C)c4ccccc4)ccc32)c1.[Pt]. The zero-order chi connectivity index (χ0) is 54.2. The molecule has 2 aromatic heterocycles. The van der Waals surface area contributed by atoms with Crippen molar-refractivity contribution in [3.63, 3.8) is 0 Å². The average molecular weight is 1200 g/mol. The van der Waals surface area contributed by atoms with Gasteiger partial charge in [0.15, 0.2) is 0 Å². The minimum absolute atomic E-state index is 0. The summed E-state index contributed by atoms with van der Waals surface area (Å²) in [5, 5.41) is 2.22. The molecule has 0 bridgehead atoms. The first-order chi connectivity index (χ1) is 36.5. The van der Waals surface area contributed by atoms with Gasteiger partial charge in [-0.2, -0.15) is 6.07 Å². The molecule has 0 spiro atoms. The second-order valence-electron chi connectivity index (χ2n) is 25.2. The van der Waals surface area contributed by atoms with Gasteiger partial charge in [0.1, 0.15) is 5.82 Å². The number of anilines is 4. The first-order valence-electron chi connectivity index (χ1n) is 27.2. The van der Waals surface area contributed by atoms with Gasteiger partial charge >= 0.3 is 0 Å². The van der Waals surface area contributed by atoms with E-state index >= 15 is 0 Å². The van der Waals surface area contributed by atoms with E-state index in [1.807, 2.05) is 12.3 Å². The Labute approximate surface area is 478 Å². The molecule has 11 rings (SSSR count). The van der Waals surface area contributed by atoms with Crippen molar-refractivity contribution >= 4 is 44.6 Å². The van der Waals surface area contributed by atoms with Gasteiger partial charge in [-0.25, -0.2) is 4.98 Å². The maximum Gasteiger partial charge on any atom is 0.135 e. The first kappa shape index (κ1) is 54.2. The van der Waals surface area contributed by atoms with Crippen molar-refractivity contribution in [3.8, 4) is 28.4 Å². The number of hydrogen-bond donors (Lipinski definition) is 0. The van der Waals surface area contributed by atoms with Gasteiger partial charge in [-0.15, -0.1) is 53.6 Å². The van der Waals surface area contributed by atoms with Crippen molar-refractivity contribution in [1.29, 1.82) is 0 Å². The number of rotatable bonds is 10. The topological polar surface area (TPSA) is 33.5 Å². The molecule has 0 N–H and O–H groups in total. The molecule has 1 aliphatic heterocycles. The van der Waals surface area contributed by atoms with Crippen molar-refractivity contribution in [2.75, 3.05) is 9.80 Å². The van der Waals surface area contributed by atoms with Gasteiger partial charge in [0.25, 0.3) is 0 Å². The average Bonchev–Trinajstić information content (AvgIpc) is 4.10. The van der Waals surface area contributed by atoms with Crippen LogP contribution >= 0.6 is 0 Å². The van der Waals surface area contributed by atoms with Crippen molar-refractivity contribution in [1.82, 2.24) is 9.55 Å². The van der Waals surface area contributed by atoms with Gasteiger partial charge < -0.3 is 19.1 Å². The largest absolute Gasteiger partial charge is 0.509 e. The van der Waals surface area contributed by atoms with Crippen LogP contribution in [0, 0.1) is 18.8 Å². The third kappa shape index (κ3) is 10.2. The van der Waals surface area contributed by atoms with Gasteiger partial charge in [-0.05, 0) is 109 Å². The van der Waals surface area contributed by atoms with Gasteiger partial charge in [0.2, 0.25) is 0 Å². The molecule has 0 fully saturated rings. The molecule has 78 heavy (non-hydrogen) atoms. The summed E-state index contributed by atoms with van der Waals surface area (Å²) >= 11 is 0. The number of ether oxygens (including phenoxy) is 1. The van der Waals surface area contributed by atoms with E-state index in [0.29, 0.717) is 11.5 Å². The smallest absolute Gasteiger partial charge is 0.135 e. The van der Waals surface area contributed by atoms with Crippen LogP contribution in [0.2, 0.25) is 0 Å². The number of pyridine rings is 1. The quantitative estimate of drug-likeness (QED) is 0.128. The third-order valence-electron chi connectivity index (χ3n) is 16.0. The second kappa shape index (κ2) is 20.2. The molecular formula is C72H71N4OPt-3. The van der Waals surface area contributed by atoms with Gasteiger partial charge in [0, 0.05) is 72.2 Å². The molecule has 0 saturated heterocycles. The standard InChI is InChI=1S/C72H71N4O.Pt/c1-68(2,3)52-29-32-61-62-33-31-59(46-65(62)76(64(61)42-52)67-44-54(35-36-73-67)72(12,13)51-27-21-16-22-28-51)77-60-41-56(70(7,8)9)40-58(45-60)74-47-75(57-38-49(48-23-17-14-18-24-48)37-55(39-57)69(4,5)6)66-43-53(30-34-63(66)74)71(10,11)50-25-19-15-20-26-50;/h14-44,47H,1-13H3;/q-3;. The number of fused-ring (bicyclic) bond motifs is 4. The Morgan fingerprint density at radius 1 is 0.423 bits per heavy atom. The predicted molar refractivity (Wildman–Crippen MR) is 323 cm³/mol. The van der Waals surface area contributed by atoms with Crippen molar-refractivity contribution in [2.24, 2.45) is 0 Å². The minimum atomic E-state index is -0.259. The fourth-order valence-electron chi connectivity index (χ4n) is 10.9. The fraction of sp³-hybridized carbons (Fsp3) is 0.250. The molecule has 3 heterocycles. The maximum absolute atomic E-state index is 7.05. The molecule has 1 aliphatic rings. The van der Waals surface area contributed by atoms with Crippen LogP contribution in [-0.4, -0.2) is 9.55 Å². The predicted octanol–water partition coefficient (Wildman–Crippen LogP) is 19.2. The third-order valence-corrected chi connectivity index (χ3v) is 16.0. The number of hydrogen-bond acceptors (Lipinski definition) is 4. The van der Waals surface area contributed by atoms with E-state index in [1.165, 1.54) is 44.5 Å². The molecule has 0 unspecified atom stereocenters. The molecule has 6 heteroatoms. The Kier molecular flexibility index (Phi) is 14.0. The Hall–Kier alpha value is -7.20. The van der Waals surface area contributed by atoms with Gasteiger partial charge in [-0.3, -0.25) is 0 Å². The van der Waals surface area contributed by atoms with Gasteiger partial charge in [-0.1, -0.05) is 211 Å². The van der Waals surface area contributed by atoms with Crippen LogP contribution in [0.15, 0.2) is 188 Å². The Bertz CT molecular complexity index is 3820. The Morgan fingerprint density at radius 2 is 1.00 bits per heavy atom. The molecule has 0 atom stereocenters. The monoisotopic (exact) mass is 1200 g/mol. The summed E-state index contributed by atoms with van der Waals surface area (Å²) in [6, 6.07) is 73.7. The zero-order valence-electron chi connectivity index (χ0n) is 47.5. The summed E-state index contributed by atoms with van der Waals surface area (Å²) in [6.07, 6.45) is 1.94. The summed E-state index contributed by atoms with van der Waals surface area (Å²) in [5.74, 6) is 2.04. The molecule has 10 aromatic rings. The van der Waals surface area contributed by atoms with Crippen molar-refractivity contribution < 1.29 is 25.8 Å². The summed E-state index contributed by atoms with van der Waals surface area (Å²) in [5.41, 5.74) is 16.2. The van der Waals surface area contributed by atoms with E-state index in [2.05, 4.69) is 299 Å². The summed E-state index contributed by atoms with van der Waals surface area (Å²) < 4.78 is 9.33. The molecule has 0 aliphatic carbocycles. The second-order valence-corrected chi connectivity index (χ2v) is 25.2. The van der Waals surface area contributed by atoms with E-state index in [-0.39, 0.29) is 48.1 Å². The van der Waals surface area contributed by atoms with E-state index in [4.69, 9.17) is 9.72 Å². The van der Waals surface area contributed by atoms with Crippen LogP contribution in [0.1, 0.15) is 129 Å². The maximum atomic E-state index is 7.05. The van der Waals surface area contributed by atoms with Gasteiger partial charge in [0.05, 0.1) is 0 Å². The van der Waals surface area contributed by atoms with E-state index in [0.717, 1.165) is 55.9 Å². The molecule has 0 amide bonds. The van der Waals surface area contributed by atoms with Crippen LogP contribution in [0.5, 0.6) is 11.5 Å². The zero-order valence-corrected chi connectivity index (χ0v) is 49.8. The molecule has 0 radical (unpaired) electrons. The normalized spacial score (nSPS) is 13.2. The number of benzene rings is 8. The minimum Gasteiger partial charge on any atom is -0.509 e. The van der Waals surface area contributed by atoms with Crippen LogP contribution < -0.4 is 14.5 Å². The fourth-order valence-corrected chi connectivity index (χ4v) is 10.9. The molecule has 8 aromatic carbocycles. The first-order valence-corrected chi connectivity index (χ1v) is 27.2. The molecule has 0 saturated carbocycles. The number of aromatic nitrogens is 2. The van der Waals surface area contributed by atoms with E-state index in [1.54, 1.807) is 0 Å². The van der Waals surface area contributed by atoms with E-state index < -0.39 is 0 Å². The van der Waals surface area contributed by atoms with Crippen LogP contribution in [-0.2, 0) is 48.1 Å². The van der Waals surface area contributed by atoms with Crippen LogP contribution in [0.25, 0.3) is 38.8 Å². The number of nitrogens with zero attached hydrogens (tertiary/aromatic N) is 4. The summed E-state index contributed by atoms with van der Waals surface area (Å²) in [6.45, 7) is 31.9. The molecule has 5 nitrogen and oxygen atoms in total. The Balaban J connectivity index is 0.00000688. The molecular weight excluding hydrogens is 1130 g/mol. The van der Waals surface area contributed by atoms with Crippen LogP contribution in [0.3, 0.4) is 0 Å². The van der Waals surface area contributed by atoms with Crippen molar-refractivity contribution in [2.45, 2.75) is 117 Å². The molecule has 398 valence electrons. The Morgan fingerprint density at radius 3 is 1.63 bits per heavy atom. The van der Waals surface area contributed by atoms with Crippen LogP contribution in [0.4, 0.5) is 22.7 Å². The van der Waals surface area contributed by atoms with Crippen molar-refractivity contribution in [3.05, 3.63) is 246 Å². The summed E-state index contributed by atoms with van der Waals surface area (Å²) in [4.78, 5) is 9.75. The van der Waals surface area contributed by atoms with E-state index in [9.17, 15) is 0 Å².